The van der Waals surface area contributed by atoms with Crippen molar-refractivity contribution in [3.63, 3.8) is 0 Å². The fourth-order valence-corrected chi connectivity index (χ4v) is 1.99. The minimum absolute atomic E-state index is 0.0362. The molecule has 0 aliphatic carbocycles. The zero-order chi connectivity index (χ0) is 10.9. The van der Waals surface area contributed by atoms with Gasteiger partial charge in [-0.15, -0.1) is 0 Å². The molecule has 0 aromatic carbocycles. The first-order valence-electron chi connectivity index (χ1n) is 5.49. The van der Waals surface area contributed by atoms with Crippen LogP contribution in [-0.4, -0.2) is 28.5 Å². The van der Waals surface area contributed by atoms with Gasteiger partial charge in [0.1, 0.15) is 5.60 Å². The number of nitrogens with one attached hydrogen (secondary N) is 1. The van der Waals surface area contributed by atoms with Crippen molar-refractivity contribution in [1.82, 2.24) is 15.1 Å². The van der Waals surface area contributed by atoms with Gasteiger partial charge in [-0.2, -0.15) is 5.10 Å². The monoisotopic (exact) mass is 209 g/mol. The Morgan fingerprint density at radius 3 is 2.67 bits per heavy atom. The van der Waals surface area contributed by atoms with Crippen LogP contribution in [0.1, 0.15) is 25.5 Å². The highest BCUT2D eigenvalue weighted by Gasteiger charge is 2.29. The van der Waals surface area contributed by atoms with Gasteiger partial charge in [0, 0.05) is 13.1 Å². The maximum absolute atomic E-state index is 6.05. The molecule has 84 valence electrons. The molecule has 0 saturated carbocycles. The summed E-state index contributed by atoms with van der Waals surface area (Å²) >= 11 is 0. The van der Waals surface area contributed by atoms with Crippen molar-refractivity contribution < 1.29 is 4.74 Å². The highest BCUT2D eigenvalue weighted by Crippen LogP contribution is 2.25. The van der Waals surface area contributed by atoms with E-state index in [9.17, 15) is 0 Å². The molecule has 0 bridgehead atoms. The quantitative estimate of drug-likeness (QED) is 0.796. The number of aromatic nitrogens is 2. The molecule has 1 aromatic heterocycles. The molecule has 1 fully saturated rings. The van der Waals surface area contributed by atoms with Gasteiger partial charge in [-0.05, 0) is 39.8 Å². The Hall–Kier alpha value is -1.03. The molecule has 4 nitrogen and oxygen atoms in total. The second kappa shape index (κ2) is 3.85. The Morgan fingerprint density at radius 1 is 1.47 bits per heavy atom. The first-order chi connectivity index (χ1) is 7.09. The fraction of sp³-hybridized carbons (Fsp3) is 0.727. The van der Waals surface area contributed by atoms with Crippen molar-refractivity contribution in [3.05, 3.63) is 11.8 Å². The van der Waals surface area contributed by atoms with Gasteiger partial charge in [0.2, 0.25) is 5.88 Å². The summed E-state index contributed by atoms with van der Waals surface area (Å²) in [6.07, 6.45) is 2.11. The van der Waals surface area contributed by atoms with Crippen molar-refractivity contribution in [2.45, 2.75) is 32.3 Å². The van der Waals surface area contributed by atoms with E-state index < -0.39 is 0 Å². The summed E-state index contributed by atoms with van der Waals surface area (Å²) in [5, 5.41) is 7.63. The third-order valence-corrected chi connectivity index (χ3v) is 2.97. The first-order valence-corrected chi connectivity index (χ1v) is 5.49. The third kappa shape index (κ3) is 2.31. The molecule has 1 aliphatic heterocycles. The molecule has 2 rings (SSSR count). The van der Waals surface area contributed by atoms with Gasteiger partial charge in [0.25, 0.3) is 0 Å². The number of aryl methyl sites for hydroxylation is 2. The number of nitrogens with zero attached hydrogens (tertiary/aromatic N) is 2. The third-order valence-electron chi connectivity index (χ3n) is 2.97. The summed E-state index contributed by atoms with van der Waals surface area (Å²) in [6, 6.07) is 1.99. The lowest BCUT2D eigenvalue weighted by atomic mass is 9.95. The summed E-state index contributed by atoms with van der Waals surface area (Å²) in [5.41, 5.74) is 0.968. The van der Waals surface area contributed by atoms with Crippen molar-refractivity contribution in [3.8, 4) is 5.88 Å². The van der Waals surface area contributed by atoms with E-state index in [0.29, 0.717) is 0 Å². The zero-order valence-electron chi connectivity index (χ0n) is 9.71. The van der Waals surface area contributed by atoms with E-state index in [0.717, 1.165) is 37.5 Å². The number of hydrogen-bond acceptors (Lipinski definition) is 3. The van der Waals surface area contributed by atoms with E-state index in [2.05, 4.69) is 17.3 Å². The topological polar surface area (TPSA) is 39.1 Å². The van der Waals surface area contributed by atoms with Gasteiger partial charge in [-0.3, -0.25) is 0 Å². The molecule has 15 heavy (non-hydrogen) atoms. The predicted octanol–water partition coefficient (Wildman–Crippen LogP) is 1.25. The number of piperidine rings is 1. The Kier molecular flexibility index (Phi) is 2.69. The van der Waals surface area contributed by atoms with E-state index in [1.165, 1.54) is 0 Å². The molecule has 1 N–H and O–H groups in total. The van der Waals surface area contributed by atoms with Crippen molar-refractivity contribution in [2.24, 2.45) is 7.05 Å². The molecule has 0 spiro atoms. The first kappa shape index (κ1) is 10.5. The zero-order valence-corrected chi connectivity index (χ0v) is 9.71. The summed E-state index contributed by atoms with van der Waals surface area (Å²) < 4.78 is 7.86. The summed E-state index contributed by atoms with van der Waals surface area (Å²) in [7, 11) is 1.92. The second-order valence-electron chi connectivity index (χ2n) is 4.55. The molecule has 1 saturated heterocycles. The summed E-state index contributed by atoms with van der Waals surface area (Å²) in [6.45, 7) is 6.23. The lowest BCUT2D eigenvalue weighted by Crippen LogP contribution is -2.44. The summed E-state index contributed by atoms with van der Waals surface area (Å²) in [5.74, 6) is 0.872. The average Bonchev–Trinajstić information content (AvgIpc) is 2.45. The highest BCUT2D eigenvalue weighted by molar-refractivity contribution is 5.15. The molecule has 0 amide bonds. The van der Waals surface area contributed by atoms with E-state index in [4.69, 9.17) is 4.74 Å². The molecule has 0 radical (unpaired) electrons. The van der Waals surface area contributed by atoms with Gasteiger partial charge >= 0.3 is 0 Å². The molecule has 2 heterocycles. The fourth-order valence-electron chi connectivity index (χ4n) is 1.99. The van der Waals surface area contributed by atoms with Crippen LogP contribution in [-0.2, 0) is 7.05 Å². The van der Waals surface area contributed by atoms with E-state index >= 15 is 0 Å². The smallest absolute Gasteiger partial charge is 0.212 e. The van der Waals surface area contributed by atoms with Crippen LogP contribution in [0.4, 0.5) is 0 Å². The van der Waals surface area contributed by atoms with Gasteiger partial charge in [0.15, 0.2) is 0 Å². The van der Waals surface area contributed by atoms with Gasteiger partial charge in [-0.25, -0.2) is 4.68 Å². The minimum Gasteiger partial charge on any atom is -0.471 e. The van der Waals surface area contributed by atoms with E-state index in [1.807, 2.05) is 24.7 Å². The lowest BCUT2D eigenvalue weighted by molar-refractivity contribution is 0.0465. The van der Waals surface area contributed by atoms with Gasteiger partial charge in [0.05, 0.1) is 5.69 Å². The van der Waals surface area contributed by atoms with Crippen LogP contribution in [0.3, 0.4) is 0 Å². The van der Waals surface area contributed by atoms with Crippen LogP contribution < -0.4 is 10.1 Å². The second-order valence-corrected chi connectivity index (χ2v) is 4.55. The molecular formula is C11H19N3O. The number of hydrogen-bond donors (Lipinski definition) is 1. The van der Waals surface area contributed by atoms with Crippen molar-refractivity contribution in [2.75, 3.05) is 13.1 Å². The maximum atomic E-state index is 6.05. The van der Waals surface area contributed by atoms with E-state index in [1.54, 1.807) is 0 Å². The van der Waals surface area contributed by atoms with Crippen LogP contribution in [0.2, 0.25) is 0 Å². The summed E-state index contributed by atoms with van der Waals surface area (Å²) in [4.78, 5) is 0. The van der Waals surface area contributed by atoms with E-state index in [-0.39, 0.29) is 5.60 Å². The van der Waals surface area contributed by atoms with Crippen LogP contribution in [0.15, 0.2) is 6.07 Å². The SMILES string of the molecule is Cc1cc(OC2(C)CCNCC2)n(C)n1. The van der Waals surface area contributed by atoms with Gasteiger partial charge in [-0.1, -0.05) is 0 Å². The molecule has 4 heteroatoms. The Bertz CT molecular complexity index is 340. The van der Waals surface area contributed by atoms with Gasteiger partial charge < -0.3 is 10.1 Å². The van der Waals surface area contributed by atoms with Crippen LogP contribution in [0.25, 0.3) is 0 Å². The largest absolute Gasteiger partial charge is 0.471 e. The Balaban J connectivity index is 2.09. The normalized spacial score (nSPS) is 20.2. The standard InChI is InChI=1S/C11H19N3O/c1-9-8-10(14(3)13-9)15-11(2)4-6-12-7-5-11/h8,12H,4-7H2,1-3H3. The van der Waals surface area contributed by atoms with Crippen LogP contribution in [0, 0.1) is 6.92 Å². The highest BCUT2D eigenvalue weighted by atomic mass is 16.5. The van der Waals surface area contributed by atoms with Crippen molar-refractivity contribution in [1.29, 1.82) is 0 Å². The maximum Gasteiger partial charge on any atom is 0.212 e. The van der Waals surface area contributed by atoms with Crippen LogP contribution in [0.5, 0.6) is 5.88 Å². The molecule has 0 atom stereocenters. The Morgan fingerprint density at radius 2 is 2.13 bits per heavy atom. The molecule has 0 unspecified atom stereocenters. The number of rotatable bonds is 2. The lowest BCUT2D eigenvalue weighted by Gasteiger charge is -2.34. The van der Waals surface area contributed by atoms with Crippen LogP contribution >= 0.6 is 0 Å². The predicted molar refractivity (Wildman–Crippen MR) is 59.1 cm³/mol. The van der Waals surface area contributed by atoms with Crippen molar-refractivity contribution >= 4 is 0 Å². The molecular weight excluding hydrogens is 190 g/mol. The molecule has 1 aliphatic rings. The Labute approximate surface area is 90.6 Å². The minimum atomic E-state index is -0.0362. The average molecular weight is 209 g/mol. The molecule has 1 aromatic rings. The number of ether oxygens (including phenoxy) is 1.